The van der Waals surface area contributed by atoms with Gasteiger partial charge in [0.15, 0.2) is 0 Å². The molecule has 0 unspecified atom stereocenters. The Morgan fingerprint density at radius 1 is 1.12 bits per heavy atom. The van der Waals surface area contributed by atoms with Crippen LogP contribution in [0.1, 0.15) is 53.1 Å². The van der Waals surface area contributed by atoms with E-state index in [1.165, 1.54) is 11.3 Å². The maximum Gasteiger partial charge on any atom is 0.262 e. The lowest BCUT2D eigenvalue weighted by Gasteiger charge is -2.36. The van der Waals surface area contributed by atoms with Crippen LogP contribution in [0.2, 0.25) is 0 Å². The van der Waals surface area contributed by atoms with Crippen molar-refractivity contribution in [3.8, 4) is 5.75 Å². The largest absolute Gasteiger partial charge is 0.496 e. The van der Waals surface area contributed by atoms with E-state index in [0.717, 1.165) is 6.42 Å². The highest BCUT2D eigenvalue weighted by atomic mass is 32.1. The number of rotatable bonds is 8. The quantitative estimate of drug-likeness (QED) is 0.637. The number of nitrogens with zero attached hydrogens (tertiary/aromatic N) is 1. The van der Waals surface area contributed by atoms with Gasteiger partial charge in [-0.3, -0.25) is 14.4 Å². The fourth-order valence-electron chi connectivity index (χ4n) is 3.88. The Hall–Kier alpha value is -2.87. The predicted molar refractivity (Wildman–Crippen MR) is 125 cm³/mol. The first-order valence-electron chi connectivity index (χ1n) is 11.0. The summed E-state index contributed by atoms with van der Waals surface area (Å²) >= 11 is 1.35. The van der Waals surface area contributed by atoms with E-state index in [0.29, 0.717) is 42.1 Å². The lowest BCUT2D eigenvalue weighted by molar-refractivity contribution is -0.125. The number of thiophene rings is 1. The molecule has 0 spiro atoms. The van der Waals surface area contributed by atoms with E-state index >= 15 is 0 Å². The second kappa shape index (κ2) is 11.1. The molecule has 2 N–H and O–H groups in total. The second-order valence-corrected chi connectivity index (χ2v) is 9.02. The molecule has 3 rings (SSSR count). The molecule has 0 bridgehead atoms. The molecule has 3 amide bonds. The molecule has 1 fully saturated rings. The summed E-state index contributed by atoms with van der Waals surface area (Å²) < 4.78 is 5.33. The number of carbonyl (C=O) groups excluding carboxylic acids is 3. The summed E-state index contributed by atoms with van der Waals surface area (Å²) in [5, 5.41) is 7.79. The second-order valence-electron chi connectivity index (χ2n) is 8.08. The number of hydrogen-bond donors (Lipinski definition) is 2. The summed E-state index contributed by atoms with van der Waals surface area (Å²) in [4.78, 5) is 41.1. The van der Waals surface area contributed by atoms with Crippen molar-refractivity contribution in [2.24, 2.45) is 5.92 Å². The Balaban J connectivity index is 1.69. The lowest BCUT2D eigenvalue weighted by atomic mass is 9.88. The average Bonchev–Trinajstić information content (AvgIpc) is 3.37. The molecule has 1 aromatic heterocycles. The number of ether oxygens (including phenoxy) is 1. The number of benzene rings is 1. The summed E-state index contributed by atoms with van der Waals surface area (Å²) in [5.41, 5.74) is 0.533. The van der Waals surface area contributed by atoms with Crippen LogP contribution in [-0.2, 0) is 4.79 Å². The van der Waals surface area contributed by atoms with Crippen molar-refractivity contribution in [2.75, 3.05) is 20.2 Å². The van der Waals surface area contributed by atoms with E-state index in [9.17, 15) is 14.4 Å². The summed E-state index contributed by atoms with van der Waals surface area (Å²) in [6.07, 6.45) is 2.07. The molecular formula is C24H31N3O4S. The van der Waals surface area contributed by atoms with Gasteiger partial charge >= 0.3 is 0 Å². The molecular weight excluding hydrogens is 426 g/mol. The smallest absolute Gasteiger partial charge is 0.262 e. The third-order valence-corrected chi connectivity index (χ3v) is 6.82. The van der Waals surface area contributed by atoms with E-state index in [-0.39, 0.29) is 29.7 Å². The predicted octanol–water partition coefficient (Wildman–Crippen LogP) is 3.32. The van der Waals surface area contributed by atoms with Gasteiger partial charge in [0, 0.05) is 19.1 Å². The number of amides is 3. The Morgan fingerprint density at radius 2 is 1.84 bits per heavy atom. The molecule has 0 aliphatic carbocycles. The summed E-state index contributed by atoms with van der Waals surface area (Å²) in [7, 11) is 1.55. The molecule has 1 aromatic carbocycles. The van der Waals surface area contributed by atoms with Crippen LogP contribution >= 0.6 is 11.3 Å². The van der Waals surface area contributed by atoms with Crippen LogP contribution in [0, 0.1) is 5.92 Å². The fourth-order valence-corrected chi connectivity index (χ4v) is 4.51. The molecule has 2 heterocycles. The summed E-state index contributed by atoms with van der Waals surface area (Å²) in [5.74, 6) is 0.0121. The molecule has 1 aliphatic heterocycles. The minimum absolute atomic E-state index is 0.0239. The third kappa shape index (κ3) is 5.68. The molecule has 32 heavy (non-hydrogen) atoms. The molecule has 1 aliphatic rings. The maximum absolute atomic E-state index is 13.0. The molecule has 0 saturated carbocycles. The highest BCUT2D eigenvalue weighted by Gasteiger charge is 2.35. The van der Waals surface area contributed by atoms with Gasteiger partial charge < -0.3 is 20.3 Å². The minimum atomic E-state index is -0.637. The van der Waals surface area contributed by atoms with Crippen molar-refractivity contribution in [2.45, 2.75) is 45.2 Å². The number of piperidine rings is 1. The maximum atomic E-state index is 13.0. The monoisotopic (exact) mass is 457 g/mol. The highest BCUT2D eigenvalue weighted by Crippen LogP contribution is 2.26. The molecule has 0 radical (unpaired) electrons. The van der Waals surface area contributed by atoms with Crippen LogP contribution < -0.4 is 15.4 Å². The van der Waals surface area contributed by atoms with Crippen molar-refractivity contribution >= 4 is 29.1 Å². The first-order valence-corrected chi connectivity index (χ1v) is 11.9. The standard InChI is InChI=1S/C24H31N3O4S/c1-4-16(2)25-23(29)21(26-22(28)20-10-7-15-32-20)17-11-13-27(14-12-17)24(30)18-8-5-6-9-19(18)31-3/h5-10,15-17,21H,4,11-14H2,1-3H3,(H,25,29)(H,26,28)/t16-,21+/m0/s1. The van der Waals surface area contributed by atoms with Gasteiger partial charge in [-0.2, -0.15) is 0 Å². The minimum Gasteiger partial charge on any atom is -0.496 e. The normalized spacial score (nSPS) is 16.2. The van der Waals surface area contributed by atoms with Crippen molar-refractivity contribution in [1.29, 1.82) is 0 Å². The van der Waals surface area contributed by atoms with E-state index in [4.69, 9.17) is 4.74 Å². The van der Waals surface area contributed by atoms with Gasteiger partial charge in [-0.1, -0.05) is 25.1 Å². The van der Waals surface area contributed by atoms with E-state index in [1.54, 1.807) is 30.2 Å². The van der Waals surface area contributed by atoms with E-state index < -0.39 is 6.04 Å². The summed E-state index contributed by atoms with van der Waals surface area (Å²) in [6, 6.07) is 10.1. The Kier molecular flexibility index (Phi) is 8.27. The number of para-hydroxylation sites is 1. The lowest BCUT2D eigenvalue weighted by Crippen LogP contribution is -2.55. The van der Waals surface area contributed by atoms with Crippen LogP contribution in [0.15, 0.2) is 41.8 Å². The Bertz CT molecular complexity index is 923. The first-order chi connectivity index (χ1) is 15.4. The van der Waals surface area contributed by atoms with E-state index in [2.05, 4.69) is 10.6 Å². The number of methoxy groups -OCH3 is 1. The number of likely N-dealkylation sites (tertiary alicyclic amines) is 1. The zero-order valence-corrected chi connectivity index (χ0v) is 19.6. The zero-order valence-electron chi connectivity index (χ0n) is 18.8. The van der Waals surface area contributed by atoms with Gasteiger partial charge in [-0.05, 0) is 55.7 Å². The van der Waals surface area contributed by atoms with Crippen LogP contribution in [-0.4, -0.2) is 54.9 Å². The molecule has 8 heteroatoms. The third-order valence-electron chi connectivity index (χ3n) is 5.95. The molecule has 172 valence electrons. The van der Waals surface area contributed by atoms with Gasteiger partial charge in [-0.15, -0.1) is 11.3 Å². The van der Waals surface area contributed by atoms with Gasteiger partial charge in [0.2, 0.25) is 5.91 Å². The first kappa shape index (κ1) is 23.8. The van der Waals surface area contributed by atoms with Crippen LogP contribution in [0.3, 0.4) is 0 Å². The van der Waals surface area contributed by atoms with Gasteiger partial charge in [-0.25, -0.2) is 0 Å². The average molecular weight is 458 g/mol. The number of hydrogen-bond acceptors (Lipinski definition) is 5. The molecule has 1 saturated heterocycles. The van der Waals surface area contributed by atoms with Crippen LogP contribution in [0.25, 0.3) is 0 Å². The highest BCUT2D eigenvalue weighted by molar-refractivity contribution is 7.12. The van der Waals surface area contributed by atoms with Gasteiger partial charge in [0.25, 0.3) is 11.8 Å². The zero-order chi connectivity index (χ0) is 23.1. The number of nitrogens with one attached hydrogen (secondary N) is 2. The summed E-state index contributed by atoms with van der Waals surface area (Å²) in [6.45, 7) is 4.99. The Morgan fingerprint density at radius 3 is 2.47 bits per heavy atom. The molecule has 2 aromatic rings. The van der Waals surface area contributed by atoms with Crippen LogP contribution in [0.4, 0.5) is 0 Å². The van der Waals surface area contributed by atoms with Gasteiger partial charge in [0.05, 0.1) is 17.6 Å². The topological polar surface area (TPSA) is 87.7 Å². The van der Waals surface area contributed by atoms with Crippen molar-refractivity contribution in [3.05, 3.63) is 52.2 Å². The van der Waals surface area contributed by atoms with Crippen LogP contribution in [0.5, 0.6) is 5.75 Å². The van der Waals surface area contributed by atoms with Gasteiger partial charge in [0.1, 0.15) is 11.8 Å². The van der Waals surface area contributed by atoms with Crippen molar-refractivity contribution in [1.82, 2.24) is 15.5 Å². The molecule has 2 atom stereocenters. The molecule has 7 nitrogen and oxygen atoms in total. The van der Waals surface area contributed by atoms with Crippen molar-refractivity contribution in [3.63, 3.8) is 0 Å². The van der Waals surface area contributed by atoms with E-state index in [1.807, 2.05) is 37.4 Å². The Labute approximate surface area is 193 Å². The van der Waals surface area contributed by atoms with Crippen molar-refractivity contribution < 1.29 is 19.1 Å². The number of carbonyl (C=O) groups is 3. The fraction of sp³-hybridized carbons (Fsp3) is 0.458. The SMILES string of the molecule is CC[C@H](C)NC(=O)[C@H](NC(=O)c1cccs1)C1CCN(C(=O)c2ccccc2OC)CC1.